The first-order chi connectivity index (χ1) is 10.1. The molecule has 5 nitrogen and oxygen atoms in total. The van der Waals surface area contributed by atoms with Crippen molar-refractivity contribution in [2.45, 2.75) is 52.4 Å². The molecule has 0 aliphatic carbocycles. The first-order valence-electron chi connectivity index (χ1n) is 7.27. The molecule has 6 heteroatoms. The van der Waals surface area contributed by atoms with Crippen LogP contribution in [0, 0.1) is 34.6 Å². The lowest BCUT2D eigenvalue weighted by molar-refractivity contribution is -0.140. The standard InChI is InChI=1S/C16H25NO4S/c1-10-11(2)13(4)16(14(5)12(10)3)22(19,20)17-9-7-8-15(18)21-6/h17H,7-9H2,1-6H3. The van der Waals surface area contributed by atoms with E-state index >= 15 is 0 Å². The fraction of sp³-hybridized carbons (Fsp3) is 0.562. The van der Waals surface area contributed by atoms with Crippen LogP contribution in [0.15, 0.2) is 4.90 Å². The molecule has 1 N–H and O–H groups in total. The summed E-state index contributed by atoms with van der Waals surface area (Å²) in [6.45, 7) is 9.75. The normalized spacial score (nSPS) is 11.5. The SMILES string of the molecule is COC(=O)CCCNS(=O)(=O)c1c(C)c(C)c(C)c(C)c1C. The fourth-order valence-corrected chi connectivity index (χ4v) is 4.15. The minimum absolute atomic E-state index is 0.197. The van der Waals surface area contributed by atoms with E-state index in [9.17, 15) is 13.2 Å². The highest BCUT2D eigenvalue weighted by atomic mass is 32.2. The molecule has 1 aromatic carbocycles. The molecular weight excluding hydrogens is 302 g/mol. The summed E-state index contributed by atoms with van der Waals surface area (Å²) in [5, 5.41) is 0. The number of nitrogens with one attached hydrogen (secondary N) is 1. The maximum Gasteiger partial charge on any atom is 0.305 e. The van der Waals surface area contributed by atoms with Crippen molar-refractivity contribution in [1.82, 2.24) is 4.72 Å². The minimum Gasteiger partial charge on any atom is -0.469 e. The highest BCUT2D eigenvalue weighted by Gasteiger charge is 2.23. The second kappa shape index (κ2) is 7.24. The lowest BCUT2D eigenvalue weighted by Gasteiger charge is -2.19. The Morgan fingerprint density at radius 2 is 1.41 bits per heavy atom. The number of methoxy groups -OCH3 is 1. The first-order valence-corrected chi connectivity index (χ1v) is 8.75. The number of rotatable bonds is 6. The van der Waals surface area contributed by atoms with Gasteiger partial charge in [-0.25, -0.2) is 13.1 Å². The van der Waals surface area contributed by atoms with Crippen LogP contribution in [0.4, 0.5) is 0 Å². The van der Waals surface area contributed by atoms with Crippen LogP contribution in [-0.2, 0) is 19.6 Å². The van der Waals surface area contributed by atoms with Crippen LogP contribution in [-0.4, -0.2) is 28.0 Å². The number of carbonyl (C=O) groups excluding carboxylic acids is 1. The Balaban J connectivity index is 3.02. The Kier molecular flexibility index (Phi) is 6.14. The molecule has 22 heavy (non-hydrogen) atoms. The summed E-state index contributed by atoms with van der Waals surface area (Å²) in [5.41, 5.74) is 4.68. The van der Waals surface area contributed by atoms with Crippen molar-refractivity contribution in [3.05, 3.63) is 27.8 Å². The van der Waals surface area contributed by atoms with Crippen molar-refractivity contribution in [1.29, 1.82) is 0 Å². The van der Waals surface area contributed by atoms with Crippen LogP contribution >= 0.6 is 0 Å². The summed E-state index contributed by atoms with van der Waals surface area (Å²) in [7, 11) is -2.27. The number of ether oxygens (including phenoxy) is 1. The third kappa shape index (κ3) is 3.87. The molecular formula is C16H25NO4S. The topological polar surface area (TPSA) is 72.5 Å². The van der Waals surface area contributed by atoms with Gasteiger partial charge in [-0.15, -0.1) is 0 Å². The van der Waals surface area contributed by atoms with Gasteiger partial charge in [0.15, 0.2) is 0 Å². The van der Waals surface area contributed by atoms with Crippen LogP contribution in [0.2, 0.25) is 0 Å². The van der Waals surface area contributed by atoms with Crippen LogP contribution < -0.4 is 4.72 Å². The highest BCUT2D eigenvalue weighted by Crippen LogP contribution is 2.29. The van der Waals surface area contributed by atoms with Gasteiger partial charge in [0.25, 0.3) is 0 Å². The summed E-state index contributed by atoms with van der Waals surface area (Å²) < 4.78 is 32.3. The molecule has 1 aromatic rings. The summed E-state index contributed by atoms with van der Waals surface area (Å²) in [6, 6.07) is 0. The second-order valence-corrected chi connectivity index (χ2v) is 7.24. The van der Waals surface area contributed by atoms with E-state index in [1.54, 1.807) is 0 Å². The summed E-state index contributed by atoms with van der Waals surface area (Å²) >= 11 is 0. The zero-order chi connectivity index (χ0) is 17.1. The number of esters is 1. The van der Waals surface area contributed by atoms with Crippen LogP contribution in [0.3, 0.4) is 0 Å². The van der Waals surface area contributed by atoms with Crippen LogP contribution in [0.5, 0.6) is 0 Å². The van der Waals surface area contributed by atoms with E-state index in [0.717, 1.165) is 27.8 Å². The molecule has 124 valence electrons. The monoisotopic (exact) mass is 327 g/mol. The minimum atomic E-state index is -3.59. The van der Waals surface area contributed by atoms with Crippen molar-refractivity contribution in [2.24, 2.45) is 0 Å². The number of hydrogen-bond donors (Lipinski definition) is 1. The molecule has 0 amide bonds. The van der Waals surface area contributed by atoms with Crippen LogP contribution in [0.25, 0.3) is 0 Å². The first kappa shape index (κ1) is 18.6. The molecule has 0 unspecified atom stereocenters. The van der Waals surface area contributed by atoms with Crippen molar-refractivity contribution in [3.63, 3.8) is 0 Å². The molecule has 0 aliphatic heterocycles. The number of benzene rings is 1. The van der Waals surface area contributed by atoms with Crippen LogP contribution in [0.1, 0.15) is 40.7 Å². The highest BCUT2D eigenvalue weighted by molar-refractivity contribution is 7.89. The van der Waals surface area contributed by atoms with Gasteiger partial charge in [0.05, 0.1) is 12.0 Å². The summed E-state index contributed by atoms with van der Waals surface area (Å²) in [4.78, 5) is 11.4. The molecule has 0 saturated heterocycles. The lowest BCUT2D eigenvalue weighted by Crippen LogP contribution is -2.27. The Hall–Kier alpha value is -1.40. The Morgan fingerprint density at radius 3 is 1.86 bits per heavy atom. The van der Waals surface area contributed by atoms with Gasteiger partial charge in [-0.2, -0.15) is 0 Å². The van der Waals surface area contributed by atoms with Gasteiger partial charge in [0.1, 0.15) is 0 Å². The largest absolute Gasteiger partial charge is 0.469 e. The predicted molar refractivity (Wildman–Crippen MR) is 86.6 cm³/mol. The molecule has 0 spiro atoms. The van der Waals surface area contributed by atoms with E-state index in [2.05, 4.69) is 9.46 Å². The Labute approximate surface area is 133 Å². The molecule has 0 aromatic heterocycles. The van der Waals surface area contributed by atoms with E-state index in [4.69, 9.17) is 0 Å². The molecule has 0 atom stereocenters. The number of sulfonamides is 1. The molecule has 0 bridgehead atoms. The van der Waals surface area contributed by atoms with Crippen molar-refractivity contribution < 1.29 is 17.9 Å². The van der Waals surface area contributed by atoms with Gasteiger partial charge in [-0.1, -0.05) is 0 Å². The average molecular weight is 327 g/mol. The van der Waals surface area contributed by atoms with E-state index in [-0.39, 0.29) is 18.9 Å². The van der Waals surface area contributed by atoms with Crippen molar-refractivity contribution in [2.75, 3.05) is 13.7 Å². The van der Waals surface area contributed by atoms with Gasteiger partial charge in [0.2, 0.25) is 10.0 Å². The predicted octanol–water partition coefficient (Wildman–Crippen LogP) is 2.46. The Morgan fingerprint density at radius 1 is 0.955 bits per heavy atom. The van der Waals surface area contributed by atoms with Crippen molar-refractivity contribution in [3.8, 4) is 0 Å². The molecule has 0 heterocycles. The van der Waals surface area contributed by atoms with E-state index in [1.165, 1.54) is 7.11 Å². The lowest BCUT2D eigenvalue weighted by atomic mass is 9.95. The quantitative estimate of drug-likeness (QED) is 0.643. The van der Waals surface area contributed by atoms with Crippen molar-refractivity contribution >= 4 is 16.0 Å². The zero-order valence-corrected chi connectivity index (χ0v) is 15.0. The fourth-order valence-electron chi connectivity index (χ4n) is 2.48. The molecule has 0 radical (unpaired) electrons. The van der Waals surface area contributed by atoms with E-state index in [1.807, 2.05) is 34.6 Å². The maximum atomic E-state index is 12.6. The van der Waals surface area contributed by atoms with Gasteiger partial charge in [-0.05, 0) is 68.9 Å². The van der Waals surface area contributed by atoms with Gasteiger partial charge in [0, 0.05) is 13.0 Å². The summed E-state index contributed by atoms with van der Waals surface area (Å²) in [5.74, 6) is -0.339. The van der Waals surface area contributed by atoms with E-state index in [0.29, 0.717) is 11.3 Å². The third-order valence-electron chi connectivity index (χ3n) is 4.28. The number of hydrogen-bond acceptors (Lipinski definition) is 4. The summed E-state index contributed by atoms with van der Waals surface area (Å²) in [6.07, 6.45) is 0.608. The average Bonchev–Trinajstić information content (AvgIpc) is 2.47. The molecule has 0 aliphatic rings. The number of carbonyl (C=O) groups is 1. The third-order valence-corrected chi connectivity index (χ3v) is 6.01. The van der Waals surface area contributed by atoms with E-state index < -0.39 is 10.0 Å². The molecule has 0 saturated carbocycles. The smallest absolute Gasteiger partial charge is 0.305 e. The second-order valence-electron chi connectivity index (χ2n) is 5.53. The zero-order valence-electron chi connectivity index (χ0n) is 14.2. The van der Waals surface area contributed by atoms with Gasteiger partial charge >= 0.3 is 5.97 Å². The maximum absolute atomic E-state index is 12.6. The Bertz CT molecular complexity index is 649. The van der Waals surface area contributed by atoms with Gasteiger partial charge < -0.3 is 4.74 Å². The van der Waals surface area contributed by atoms with Gasteiger partial charge in [-0.3, -0.25) is 4.79 Å². The molecule has 1 rings (SSSR count). The molecule has 0 fully saturated rings.